The Hall–Kier alpha value is -1.55. The Bertz CT molecular complexity index is 552. The molecule has 0 aromatic heterocycles. The Labute approximate surface area is 140 Å². The molecule has 0 unspecified atom stereocenters. The normalized spacial score (nSPS) is 12.3. The summed E-state index contributed by atoms with van der Waals surface area (Å²) in [5, 5.41) is 13.5. The Kier molecular flexibility index (Phi) is 6.23. The molecule has 4 heteroatoms. The minimum Gasteiger partial charge on any atom is -0.507 e. The Morgan fingerprint density at radius 1 is 1.13 bits per heavy atom. The molecule has 4 nitrogen and oxygen atoms in total. The zero-order valence-electron chi connectivity index (χ0n) is 15.4. The monoisotopic (exact) mass is 320 g/mol. The highest BCUT2D eigenvalue weighted by Crippen LogP contribution is 2.37. The molecule has 1 rings (SSSR count). The standard InChI is InChI=1S/C19H32N2O2/c1-18(2,3)14-10-13(11-16(22)21-9-7-8-20)17(23)15(12-14)19(4,5)6/h10,12,23H,7-9,11,20H2,1-6H3,(H,21,22). The molecule has 1 amide bonds. The van der Waals surface area contributed by atoms with E-state index in [0.29, 0.717) is 18.7 Å². The molecule has 0 atom stereocenters. The van der Waals surface area contributed by atoms with Gasteiger partial charge in [0.2, 0.25) is 5.91 Å². The van der Waals surface area contributed by atoms with E-state index in [1.165, 1.54) is 0 Å². The van der Waals surface area contributed by atoms with Crippen LogP contribution in [0.1, 0.15) is 64.7 Å². The van der Waals surface area contributed by atoms with Crippen molar-refractivity contribution in [1.29, 1.82) is 0 Å². The van der Waals surface area contributed by atoms with Crippen LogP contribution in [0.5, 0.6) is 5.75 Å². The zero-order chi connectivity index (χ0) is 17.8. The van der Waals surface area contributed by atoms with Crippen molar-refractivity contribution < 1.29 is 9.90 Å². The first kappa shape index (κ1) is 19.5. The smallest absolute Gasteiger partial charge is 0.224 e. The van der Waals surface area contributed by atoms with Gasteiger partial charge >= 0.3 is 0 Å². The molecule has 1 aromatic rings. The number of hydrogen-bond acceptors (Lipinski definition) is 3. The fraction of sp³-hybridized carbons (Fsp3) is 0.632. The Morgan fingerprint density at radius 2 is 1.74 bits per heavy atom. The van der Waals surface area contributed by atoms with Crippen molar-refractivity contribution in [2.45, 2.75) is 65.2 Å². The molecule has 0 bridgehead atoms. The van der Waals surface area contributed by atoms with Gasteiger partial charge in [0.05, 0.1) is 6.42 Å². The average Bonchev–Trinajstić information content (AvgIpc) is 2.38. The summed E-state index contributed by atoms with van der Waals surface area (Å²) in [6.07, 6.45) is 0.941. The number of nitrogens with two attached hydrogens (primary N) is 1. The summed E-state index contributed by atoms with van der Waals surface area (Å²) in [6, 6.07) is 4.01. The van der Waals surface area contributed by atoms with Gasteiger partial charge in [-0.3, -0.25) is 4.79 Å². The number of rotatable bonds is 5. The number of carbonyl (C=O) groups is 1. The van der Waals surface area contributed by atoms with Crippen LogP contribution in [0.3, 0.4) is 0 Å². The van der Waals surface area contributed by atoms with Crippen molar-refractivity contribution in [3.05, 3.63) is 28.8 Å². The number of aromatic hydroxyl groups is 1. The van der Waals surface area contributed by atoms with E-state index in [0.717, 1.165) is 17.5 Å². The van der Waals surface area contributed by atoms with Gasteiger partial charge in [-0.1, -0.05) is 53.7 Å². The predicted molar refractivity (Wildman–Crippen MR) is 95.9 cm³/mol. The lowest BCUT2D eigenvalue weighted by molar-refractivity contribution is -0.120. The third kappa shape index (κ3) is 5.54. The van der Waals surface area contributed by atoms with Gasteiger partial charge in [0.25, 0.3) is 0 Å². The second-order valence-corrected chi connectivity index (χ2v) is 8.20. The minimum absolute atomic E-state index is 0.0432. The quantitative estimate of drug-likeness (QED) is 0.730. The fourth-order valence-electron chi connectivity index (χ4n) is 2.40. The van der Waals surface area contributed by atoms with Crippen LogP contribution in [-0.2, 0) is 22.0 Å². The lowest BCUT2D eigenvalue weighted by Crippen LogP contribution is -2.28. The maximum absolute atomic E-state index is 12.1. The van der Waals surface area contributed by atoms with E-state index in [1.54, 1.807) is 0 Å². The van der Waals surface area contributed by atoms with Crippen LogP contribution in [-0.4, -0.2) is 24.1 Å². The van der Waals surface area contributed by atoms with Gasteiger partial charge in [0, 0.05) is 12.1 Å². The maximum atomic E-state index is 12.1. The van der Waals surface area contributed by atoms with E-state index in [4.69, 9.17) is 5.73 Å². The van der Waals surface area contributed by atoms with Gasteiger partial charge in [0.1, 0.15) is 5.75 Å². The van der Waals surface area contributed by atoms with E-state index < -0.39 is 0 Å². The van der Waals surface area contributed by atoms with Crippen LogP contribution in [0.4, 0.5) is 0 Å². The summed E-state index contributed by atoms with van der Waals surface area (Å²) in [5.41, 5.74) is 7.91. The van der Waals surface area contributed by atoms with Crippen LogP contribution < -0.4 is 11.1 Å². The van der Waals surface area contributed by atoms with E-state index in [9.17, 15) is 9.90 Å². The first-order valence-corrected chi connectivity index (χ1v) is 8.30. The number of hydrogen-bond donors (Lipinski definition) is 3. The van der Waals surface area contributed by atoms with E-state index in [-0.39, 0.29) is 28.9 Å². The molecule has 0 saturated heterocycles. The van der Waals surface area contributed by atoms with Crippen LogP contribution in [0.15, 0.2) is 12.1 Å². The summed E-state index contributed by atoms with van der Waals surface area (Å²) in [5.74, 6) is 0.152. The molecule has 0 aliphatic rings. The van der Waals surface area contributed by atoms with Crippen molar-refractivity contribution in [1.82, 2.24) is 5.32 Å². The molecule has 23 heavy (non-hydrogen) atoms. The Morgan fingerprint density at radius 3 is 2.22 bits per heavy atom. The van der Waals surface area contributed by atoms with Gasteiger partial charge in [-0.2, -0.15) is 0 Å². The molecule has 0 fully saturated rings. The third-order valence-corrected chi connectivity index (χ3v) is 3.92. The largest absolute Gasteiger partial charge is 0.507 e. The second kappa shape index (κ2) is 7.35. The molecule has 0 heterocycles. The van der Waals surface area contributed by atoms with Crippen LogP contribution >= 0.6 is 0 Å². The summed E-state index contributed by atoms with van der Waals surface area (Å²) in [7, 11) is 0. The molecule has 130 valence electrons. The van der Waals surface area contributed by atoms with Crippen molar-refractivity contribution in [2.75, 3.05) is 13.1 Å². The number of phenols is 1. The number of carbonyl (C=O) groups excluding carboxylic acids is 1. The molecular formula is C19H32N2O2. The number of nitrogens with one attached hydrogen (secondary N) is 1. The van der Waals surface area contributed by atoms with E-state index >= 15 is 0 Å². The van der Waals surface area contributed by atoms with Gasteiger partial charge in [-0.15, -0.1) is 0 Å². The average molecular weight is 320 g/mol. The Balaban J connectivity index is 3.18. The molecule has 0 radical (unpaired) electrons. The maximum Gasteiger partial charge on any atom is 0.224 e. The SMILES string of the molecule is CC(C)(C)c1cc(CC(=O)NCCCN)c(O)c(C(C)(C)C)c1. The summed E-state index contributed by atoms with van der Waals surface area (Å²) < 4.78 is 0. The molecule has 4 N–H and O–H groups in total. The van der Waals surface area contributed by atoms with Gasteiger partial charge in [0.15, 0.2) is 0 Å². The summed E-state index contributed by atoms with van der Waals surface area (Å²) in [4.78, 5) is 12.1. The van der Waals surface area contributed by atoms with Gasteiger partial charge in [-0.05, 0) is 34.9 Å². The van der Waals surface area contributed by atoms with Gasteiger partial charge < -0.3 is 16.2 Å². The number of benzene rings is 1. The molecule has 0 aliphatic carbocycles. The van der Waals surface area contributed by atoms with Crippen molar-refractivity contribution in [3.63, 3.8) is 0 Å². The summed E-state index contributed by atoms with van der Waals surface area (Å²) >= 11 is 0. The predicted octanol–water partition coefficient (Wildman–Crippen LogP) is 2.99. The number of phenolic OH excluding ortho intramolecular Hbond substituents is 1. The van der Waals surface area contributed by atoms with Gasteiger partial charge in [-0.25, -0.2) is 0 Å². The van der Waals surface area contributed by atoms with Crippen molar-refractivity contribution >= 4 is 5.91 Å². The van der Waals surface area contributed by atoms with Crippen molar-refractivity contribution in [3.8, 4) is 5.75 Å². The zero-order valence-corrected chi connectivity index (χ0v) is 15.4. The highest BCUT2D eigenvalue weighted by molar-refractivity contribution is 5.79. The molecule has 0 aliphatic heterocycles. The molecule has 1 aromatic carbocycles. The van der Waals surface area contributed by atoms with Crippen LogP contribution in [0, 0.1) is 0 Å². The lowest BCUT2D eigenvalue weighted by Gasteiger charge is -2.27. The fourth-order valence-corrected chi connectivity index (χ4v) is 2.40. The summed E-state index contributed by atoms with van der Waals surface area (Å²) in [6.45, 7) is 13.7. The first-order valence-electron chi connectivity index (χ1n) is 8.30. The highest BCUT2D eigenvalue weighted by atomic mass is 16.3. The van der Waals surface area contributed by atoms with Crippen LogP contribution in [0.2, 0.25) is 0 Å². The van der Waals surface area contributed by atoms with E-state index in [1.807, 2.05) is 6.07 Å². The lowest BCUT2D eigenvalue weighted by atomic mass is 9.78. The van der Waals surface area contributed by atoms with E-state index in [2.05, 4.69) is 52.9 Å². The second-order valence-electron chi connectivity index (χ2n) is 8.20. The third-order valence-electron chi connectivity index (χ3n) is 3.92. The highest BCUT2D eigenvalue weighted by Gasteiger charge is 2.25. The molecular weight excluding hydrogens is 288 g/mol. The number of amides is 1. The minimum atomic E-state index is -0.184. The molecule has 0 spiro atoms. The van der Waals surface area contributed by atoms with Crippen LogP contribution in [0.25, 0.3) is 0 Å². The topological polar surface area (TPSA) is 75.4 Å². The molecule has 0 saturated carbocycles. The van der Waals surface area contributed by atoms with Crippen molar-refractivity contribution in [2.24, 2.45) is 5.73 Å². The first-order chi connectivity index (χ1) is 10.5.